The first kappa shape index (κ1) is 15.3. The van der Waals surface area contributed by atoms with Gasteiger partial charge in [-0.1, -0.05) is 29.3 Å². The van der Waals surface area contributed by atoms with Gasteiger partial charge < -0.3 is 0 Å². The molecule has 0 bridgehead atoms. The Morgan fingerprint density at radius 2 is 1.90 bits per heavy atom. The van der Waals surface area contributed by atoms with Gasteiger partial charge in [0.25, 0.3) is 5.56 Å². The number of halogens is 2. The molecule has 0 amide bonds. The van der Waals surface area contributed by atoms with Gasteiger partial charge in [-0.25, -0.2) is 4.68 Å². The second-order valence-corrected chi connectivity index (χ2v) is 5.27. The van der Waals surface area contributed by atoms with Crippen LogP contribution in [0.15, 0.2) is 34.2 Å². The average molecular weight is 320 g/mol. The van der Waals surface area contributed by atoms with Crippen LogP contribution in [0.25, 0.3) is 0 Å². The SMILES string of the molecule is Cc1cc(C)n(/N=C\c2c(Cl)cccc2Cl)c(=O)c1C#N. The second-order valence-electron chi connectivity index (χ2n) is 4.45. The first-order chi connectivity index (χ1) is 9.95. The molecule has 0 spiro atoms. The maximum Gasteiger partial charge on any atom is 0.289 e. The quantitative estimate of drug-likeness (QED) is 0.795. The van der Waals surface area contributed by atoms with Crippen LogP contribution in [0.3, 0.4) is 0 Å². The summed E-state index contributed by atoms with van der Waals surface area (Å²) in [4.78, 5) is 12.2. The summed E-state index contributed by atoms with van der Waals surface area (Å²) in [5.74, 6) is 0. The van der Waals surface area contributed by atoms with Crippen molar-refractivity contribution in [3.63, 3.8) is 0 Å². The molecule has 21 heavy (non-hydrogen) atoms. The van der Waals surface area contributed by atoms with E-state index in [-0.39, 0.29) is 5.56 Å². The molecule has 0 fully saturated rings. The van der Waals surface area contributed by atoms with Crippen LogP contribution in [0.2, 0.25) is 10.0 Å². The molecule has 0 radical (unpaired) electrons. The van der Waals surface area contributed by atoms with Crippen molar-refractivity contribution in [2.75, 3.05) is 0 Å². The predicted octanol–water partition coefficient (Wildman–Crippen LogP) is 3.53. The number of rotatable bonds is 2. The van der Waals surface area contributed by atoms with Crippen molar-refractivity contribution in [1.82, 2.24) is 4.68 Å². The Hall–Kier alpha value is -2.09. The third kappa shape index (κ3) is 2.99. The molecule has 0 unspecified atom stereocenters. The van der Waals surface area contributed by atoms with Crippen molar-refractivity contribution < 1.29 is 0 Å². The van der Waals surface area contributed by atoms with Crippen molar-refractivity contribution in [3.8, 4) is 6.07 Å². The highest BCUT2D eigenvalue weighted by Gasteiger charge is 2.09. The lowest BCUT2D eigenvalue weighted by atomic mass is 10.1. The molecule has 0 aliphatic heterocycles. The summed E-state index contributed by atoms with van der Waals surface area (Å²) < 4.78 is 1.16. The Bertz CT molecular complexity index is 812. The molecular formula is C15H11Cl2N3O. The lowest BCUT2D eigenvalue weighted by Gasteiger charge is -2.07. The maximum atomic E-state index is 12.2. The molecule has 0 saturated carbocycles. The average Bonchev–Trinajstić information content (AvgIpc) is 2.41. The van der Waals surface area contributed by atoms with E-state index in [0.29, 0.717) is 26.9 Å². The van der Waals surface area contributed by atoms with Crippen LogP contribution in [0.4, 0.5) is 0 Å². The zero-order valence-electron chi connectivity index (χ0n) is 11.4. The minimum Gasteiger partial charge on any atom is -0.266 e. The molecule has 0 N–H and O–H groups in total. The van der Waals surface area contributed by atoms with Crippen LogP contribution in [0, 0.1) is 25.2 Å². The molecule has 0 aliphatic carbocycles. The van der Waals surface area contributed by atoms with Gasteiger partial charge in [0.15, 0.2) is 0 Å². The van der Waals surface area contributed by atoms with Crippen LogP contribution in [0.5, 0.6) is 0 Å². The Morgan fingerprint density at radius 3 is 2.48 bits per heavy atom. The van der Waals surface area contributed by atoms with Gasteiger partial charge in [-0.05, 0) is 37.6 Å². The van der Waals surface area contributed by atoms with Crippen LogP contribution in [-0.4, -0.2) is 10.9 Å². The molecule has 106 valence electrons. The zero-order chi connectivity index (χ0) is 15.6. The van der Waals surface area contributed by atoms with Gasteiger partial charge in [-0.15, -0.1) is 0 Å². The van der Waals surface area contributed by atoms with E-state index in [0.717, 1.165) is 4.68 Å². The molecule has 6 heteroatoms. The number of nitriles is 1. The lowest BCUT2D eigenvalue weighted by molar-refractivity contribution is 0.786. The predicted molar refractivity (Wildman–Crippen MR) is 84.3 cm³/mol. The van der Waals surface area contributed by atoms with Gasteiger partial charge in [0.05, 0.1) is 16.3 Å². The molecule has 2 aromatic rings. The minimum atomic E-state index is -0.463. The number of aromatic nitrogens is 1. The summed E-state index contributed by atoms with van der Waals surface area (Å²) >= 11 is 12.1. The zero-order valence-corrected chi connectivity index (χ0v) is 12.9. The Labute approximate surface area is 131 Å². The van der Waals surface area contributed by atoms with Gasteiger partial charge in [-0.2, -0.15) is 10.4 Å². The third-order valence-corrected chi connectivity index (χ3v) is 3.63. The van der Waals surface area contributed by atoms with Crippen LogP contribution < -0.4 is 5.56 Å². The summed E-state index contributed by atoms with van der Waals surface area (Å²) in [5.41, 5.74) is 1.38. The molecular weight excluding hydrogens is 309 g/mol. The first-order valence-electron chi connectivity index (χ1n) is 6.07. The Balaban J connectivity index is 2.58. The van der Waals surface area contributed by atoms with E-state index in [1.165, 1.54) is 6.21 Å². The van der Waals surface area contributed by atoms with E-state index in [2.05, 4.69) is 5.10 Å². The number of aryl methyl sites for hydroxylation is 2. The molecule has 0 saturated heterocycles. The Kier molecular flexibility index (Phi) is 4.46. The van der Waals surface area contributed by atoms with Gasteiger partial charge in [-0.3, -0.25) is 4.79 Å². The molecule has 1 aromatic heterocycles. The molecule has 1 heterocycles. The number of hydrogen-bond donors (Lipinski definition) is 0. The van der Waals surface area contributed by atoms with Gasteiger partial charge in [0.1, 0.15) is 11.6 Å². The van der Waals surface area contributed by atoms with Crippen molar-refractivity contribution in [3.05, 3.63) is 67.0 Å². The van der Waals surface area contributed by atoms with E-state index >= 15 is 0 Å². The van der Waals surface area contributed by atoms with Crippen molar-refractivity contribution >= 4 is 29.4 Å². The second kappa shape index (κ2) is 6.13. The number of benzene rings is 1. The minimum absolute atomic E-state index is 0.0722. The first-order valence-corrected chi connectivity index (χ1v) is 6.83. The third-order valence-electron chi connectivity index (χ3n) is 2.97. The number of nitrogens with zero attached hydrogens (tertiary/aromatic N) is 3. The highest BCUT2D eigenvalue weighted by molar-refractivity contribution is 6.38. The molecule has 1 aromatic carbocycles. The molecule has 0 atom stereocenters. The van der Waals surface area contributed by atoms with Gasteiger partial charge in [0, 0.05) is 11.3 Å². The summed E-state index contributed by atoms with van der Waals surface area (Å²) in [6, 6.07) is 8.70. The maximum absolute atomic E-state index is 12.2. The summed E-state index contributed by atoms with van der Waals surface area (Å²) in [5, 5.41) is 14.0. The van der Waals surface area contributed by atoms with Crippen molar-refractivity contribution in [2.45, 2.75) is 13.8 Å². The lowest BCUT2D eigenvalue weighted by Crippen LogP contribution is -2.22. The molecule has 2 rings (SSSR count). The molecule has 4 nitrogen and oxygen atoms in total. The van der Waals surface area contributed by atoms with E-state index < -0.39 is 5.56 Å². The van der Waals surface area contributed by atoms with Crippen LogP contribution >= 0.6 is 23.2 Å². The smallest absolute Gasteiger partial charge is 0.266 e. The van der Waals surface area contributed by atoms with Gasteiger partial charge >= 0.3 is 0 Å². The van der Waals surface area contributed by atoms with Crippen molar-refractivity contribution in [1.29, 1.82) is 5.26 Å². The van der Waals surface area contributed by atoms with Crippen molar-refractivity contribution in [2.24, 2.45) is 5.10 Å². The fraction of sp³-hybridized carbons (Fsp3) is 0.133. The Morgan fingerprint density at radius 1 is 1.29 bits per heavy atom. The largest absolute Gasteiger partial charge is 0.289 e. The van der Waals surface area contributed by atoms with E-state index in [9.17, 15) is 4.79 Å². The number of hydrogen-bond acceptors (Lipinski definition) is 3. The fourth-order valence-corrected chi connectivity index (χ4v) is 2.41. The monoisotopic (exact) mass is 319 g/mol. The van der Waals surface area contributed by atoms with E-state index in [1.807, 2.05) is 6.07 Å². The summed E-state index contributed by atoms with van der Waals surface area (Å²) in [6.45, 7) is 3.45. The van der Waals surface area contributed by atoms with E-state index in [1.54, 1.807) is 38.1 Å². The summed E-state index contributed by atoms with van der Waals surface area (Å²) in [7, 11) is 0. The fourth-order valence-electron chi connectivity index (χ4n) is 1.91. The van der Waals surface area contributed by atoms with Gasteiger partial charge in [0.2, 0.25) is 0 Å². The summed E-state index contributed by atoms with van der Waals surface area (Å²) in [6.07, 6.45) is 1.41. The molecule has 0 aliphatic rings. The van der Waals surface area contributed by atoms with Crippen LogP contribution in [-0.2, 0) is 0 Å². The van der Waals surface area contributed by atoms with Crippen LogP contribution in [0.1, 0.15) is 22.4 Å². The highest BCUT2D eigenvalue weighted by atomic mass is 35.5. The van der Waals surface area contributed by atoms with E-state index in [4.69, 9.17) is 28.5 Å². The highest BCUT2D eigenvalue weighted by Crippen LogP contribution is 2.22. The normalized spacial score (nSPS) is 10.8. The standard InChI is InChI=1S/C15H11Cl2N3O/c1-9-6-10(2)20(15(21)11(9)7-18)19-8-12-13(16)4-3-5-14(12)17/h3-6,8H,1-2H3/b19-8-. The number of pyridine rings is 1. The topological polar surface area (TPSA) is 58.1 Å².